The van der Waals surface area contributed by atoms with Gasteiger partial charge in [0.1, 0.15) is 0 Å². The first kappa shape index (κ1) is 18.6. The summed E-state index contributed by atoms with van der Waals surface area (Å²) < 4.78 is 2.71. The standard InChI is InChI=1S/C19H18N6OS2/c1-11-7-6-9-15(12(11)2)25-19(22-23-24-25)27-13(3)17(26)21-18-20-14-8-4-5-10-16(14)28-18/h4-10,13H,1-3H3,(H,20,21,26). The highest BCUT2D eigenvalue weighted by Gasteiger charge is 2.21. The lowest BCUT2D eigenvalue weighted by Crippen LogP contribution is -2.22. The topological polar surface area (TPSA) is 85.6 Å². The van der Waals surface area contributed by atoms with Gasteiger partial charge in [0.15, 0.2) is 5.13 Å². The van der Waals surface area contributed by atoms with Gasteiger partial charge in [0.2, 0.25) is 11.1 Å². The normalized spacial score (nSPS) is 12.2. The molecule has 2 heterocycles. The fourth-order valence-corrected chi connectivity index (χ4v) is 4.38. The van der Waals surface area contributed by atoms with Gasteiger partial charge in [0.05, 0.1) is 21.2 Å². The quantitative estimate of drug-likeness (QED) is 0.501. The average Bonchev–Trinajstić information content (AvgIpc) is 3.30. The molecule has 1 unspecified atom stereocenters. The predicted molar refractivity (Wildman–Crippen MR) is 112 cm³/mol. The zero-order valence-electron chi connectivity index (χ0n) is 15.6. The van der Waals surface area contributed by atoms with E-state index in [1.807, 2.05) is 63.2 Å². The molecule has 0 saturated carbocycles. The molecule has 7 nitrogen and oxygen atoms in total. The fourth-order valence-electron chi connectivity index (χ4n) is 2.71. The Morgan fingerprint density at radius 2 is 2.00 bits per heavy atom. The Morgan fingerprint density at radius 1 is 1.18 bits per heavy atom. The number of aromatic nitrogens is 5. The lowest BCUT2D eigenvalue weighted by atomic mass is 10.1. The van der Waals surface area contributed by atoms with Crippen molar-refractivity contribution in [3.63, 3.8) is 0 Å². The zero-order valence-corrected chi connectivity index (χ0v) is 17.2. The second-order valence-corrected chi connectivity index (χ2v) is 8.67. The van der Waals surface area contributed by atoms with Crippen molar-refractivity contribution in [2.75, 3.05) is 5.32 Å². The number of hydrogen-bond donors (Lipinski definition) is 1. The molecule has 2 aromatic heterocycles. The number of aryl methyl sites for hydroxylation is 1. The SMILES string of the molecule is Cc1cccc(-n2nnnc2SC(C)C(=O)Nc2nc3ccccc3s2)c1C. The minimum atomic E-state index is -0.387. The third-order valence-corrected chi connectivity index (χ3v) is 6.41. The molecule has 0 bridgehead atoms. The van der Waals surface area contributed by atoms with Crippen molar-refractivity contribution in [3.05, 3.63) is 53.6 Å². The number of nitrogens with zero attached hydrogens (tertiary/aromatic N) is 5. The number of amides is 1. The summed E-state index contributed by atoms with van der Waals surface area (Å²) in [5.74, 6) is -0.139. The maximum atomic E-state index is 12.6. The van der Waals surface area contributed by atoms with Crippen LogP contribution in [-0.2, 0) is 4.79 Å². The second kappa shape index (κ2) is 7.69. The van der Waals surface area contributed by atoms with Gasteiger partial charge in [-0.2, -0.15) is 4.68 Å². The molecular weight excluding hydrogens is 392 g/mol. The van der Waals surface area contributed by atoms with Gasteiger partial charge in [-0.3, -0.25) is 4.79 Å². The van der Waals surface area contributed by atoms with E-state index in [1.165, 1.54) is 23.1 Å². The number of carbonyl (C=O) groups excluding carboxylic acids is 1. The van der Waals surface area contributed by atoms with Crippen LogP contribution in [0.25, 0.3) is 15.9 Å². The van der Waals surface area contributed by atoms with Crippen molar-refractivity contribution in [2.45, 2.75) is 31.2 Å². The van der Waals surface area contributed by atoms with E-state index >= 15 is 0 Å². The van der Waals surface area contributed by atoms with E-state index < -0.39 is 0 Å². The predicted octanol–water partition coefficient (Wildman–Crippen LogP) is 4.01. The smallest absolute Gasteiger partial charge is 0.239 e. The molecule has 2 aromatic carbocycles. The van der Waals surface area contributed by atoms with Crippen molar-refractivity contribution < 1.29 is 4.79 Å². The number of nitrogens with one attached hydrogen (secondary N) is 1. The molecular formula is C19H18N6OS2. The van der Waals surface area contributed by atoms with Crippen LogP contribution in [0.2, 0.25) is 0 Å². The summed E-state index contributed by atoms with van der Waals surface area (Å²) in [5, 5.41) is 15.7. The van der Waals surface area contributed by atoms with E-state index in [0.29, 0.717) is 10.3 Å². The van der Waals surface area contributed by atoms with Crippen molar-refractivity contribution >= 4 is 44.4 Å². The Hall–Kier alpha value is -2.78. The maximum Gasteiger partial charge on any atom is 0.239 e. The number of tetrazole rings is 1. The first-order valence-electron chi connectivity index (χ1n) is 8.71. The summed E-state index contributed by atoms with van der Waals surface area (Å²) in [6.45, 7) is 5.91. The van der Waals surface area contributed by atoms with Gasteiger partial charge in [0.25, 0.3) is 0 Å². The third-order valence-electron chi connectivity index (χ3n) is 4.42. The molecule has 142 valence electrons. The van der Waals surface area contributed by atoms with Crippen LogP contribution in [0.4, 0.5) is 5.13 Å². The number of hydrogen-bond acceptors (Lipinski definition) is 7. The molecule has 0 spiro atoms. The van der Waals surface area contributed by atoms with Gasteiger partial charge < -0.3 is 5.32 Å². The molecule has 1 N–H and O–H groups in total. The number of anilines is 1. The summed E-state index contributed by atoms with van der Waals surface area (Å²) in [5.41, 5.74) is 4.04. The van der Waals surface area contributed by atoms with Crippen LogP contribution in [-0.4, -0.2) is 36.3 Å². The van der Waals surface area contributed by atoms with E-state index in [0.717, 1.165) is 27.0 Å². The number of rotatable bonds is 5. The Morgan fingerprint density at radius 3 is 2.82 bits per heavy atom. The monoisotopic (exact) mass is 410 g/mol. The largest absolute Gasteiger partial charge is 0.301 e. The van der Waals surface area contributed by atoms with Crippen LogP contribution in [0.1, 0.15) is 18.1 Å². The second-order valence-electron chi connectivity index (χ2n) is 6.33. The zero-order chi connectivity index (χ0) is 19.7. The molecule has 28 heavy (non-hydrogen) atoms. The first-order valence-corrected chi connectivity index (χ1v) is 10.4. The van der Waals surface area contributed by atoms with E-state index in [4.69, 9.17) is 0 Å². The first-order chi connectivity index (χ1) is 13.5. The van der Waals surface area contributed by atoms with Crippen LogP contribution in [0.3, 0.4) is 0 Å². The van der Waals surface area contributed by atoms with Crippen LogP contribution in [0.5, 0.6) is 0 Å². The van der Waals surface area contributed by atoms with Crippen LogP contribution >= 0.6 is 23.1 Å². The Labute approximate surface area is 170 Å². The van der Waals surface area contributed by atoms with Gasteiger partial charge in [-0.15, -0.1) is 5.10 Å². The third kappa shape index (κ3) is 3.63. The molecule has 0 aliphatic carbocycles. The van der Waals surface area contributed by atoms with Crippen LogP contribution in [0, 0.1) is 13.8 Å². The lowest BCUT2D eigenvalue weighted by Gasteiger charge is -2.12. The van der Waals surface area contributed by atoms with Gasteiger partial charge in [0, 0.05) is 0 Å². The van der Waals surface area contributed by atoms with E-state index in [2.05, 4.69) is 25.8 Å². The number of thiazole rings is 1. The Balaban J connectivity index is 1.51. The highest BCUT2D eigenvalue weighted by atomic mass is 32.2. The molecule has 0 fully saturated rings. The van der Waals surface area contributed by atoms with Crippen molar-refractivity contribution in [3.8, 4) is 5.69 Å². The summed E-state index contributed by atoms with van der Waals surface area (Å²) in [7, 11) is 0. The highest BCUT2D eigenvalue weighted by molar-refractivity contribution is 8.00. The highest BCUT2D eigenvalue weighted by Crippen LogP contribution is 2.28. The average molecular weight is 411 g/mol. The molecule has 0 aliphatic heterocycles. The van der Waals surface area contributed by atoms with Crippen LogP contribution < -0.4 is 5.32 Å². The van der Waals surface area contributed by atoms with Gasteiger partial charge in [-0.1, -0.05) is 47.4 Å². The number of thioether (sulfide) groups is 1. The minimum absolute atomic E-state index is 0.139. The summed E-state index contributed by atoms with van der Waals surface area (Å²) in [6, 6.07) is 13.8. The Kier molecular flexibility index (Phi) is 5.10. The number of para-hydroxylation sites is 1. The van der Waals surface area contributed by atoms with E-state index in [-0.39, 0.29) is 11.2 Å². The number of carbonyl (C=O) groups is 1. The molecule has 1 amide bonds. The molecule has 4 aromatic rings. The van der Waals surface area contributed by atoms with Gasteiger partial charge >= 0.3 is 0 Å². The Bertz CT molecular complexity index is 1120. The van der Waals surface area contributed by atoms with Gasteiger partial charge in [-0.25, -0.2) is 4.98 Å². The van der Waals surface area contributed by atoms with Gasteiger partial charge in [-0.05, 0) is 60.5 Å². The lowest BCUT2D eigenvalue weighted by molar-refractivity contribution is -0.115. The van der Waals surface area contributed by atoms with Crippen LogP contribution in [0.15, 0.2) is 47.6 Å². The number of benzene rings is 2. The summed E-state index contributed by atoms with van der Waals surface area (Å²) in [4.78, 5) is 17.1. The molecule has 4 rings (SSSR count). The van der Waals surface area contributed by atoms with Crippen molar-refractivity contribution in [1.82, 2.24) is 25.2 Å². The molecule has 0 aliphatic rings. The van der Waals surface area contributed by atoms with Crippen molar-refractivity contribution in [2.24, 2.45) is 0 Å². The minimum Gasteiger partial charge on any atom is -0.301 e. The number of fused-ring (bicyclic) bond motifs is 1. The summed E-state index contributed by atoms with van der Waals surface area (Å²) in [6.07, 6.45) is 0. The summed E-state index contributed by atoms with van der Waals surface area (Å²) >= 11 is 2.77. The molecule has 0 radical (unpaired) electrons. The fraction of sp³-hybridized carbons (Fsp3) is 0.211. The molecule has 9 heteroatoms. The van der Waals surface area contributed by atoms with Crippen molar-refractivity contribution in [1.29, 1.82) is 0 Å². The molecule has 1 atom stereocenters. The van der Waals surface area contributed by atoms with E-state index in [1.54, 1.807) is 4.68 Å². The maximum absolute atomic E-state index is 12.6. The van der Waals surface area contributed by atoms with E-state index in [9.17, 15) is 4.79 Å². The molecule has 0 saturated heterocycles.